The van der Waals surface area contributed by atoms with Gasteiger partial charge in [-0.25, -0.2) is 9.07 Å². The fourth-order valence-electron chi connectivity index (χ4n) is 3.80. The molecule has 0 aliphatic heterocycles. The minimum Gasteiger partial charge on any atom is -0.309 e. The maximum atomic E-state index is 14.1. The smallest absolute Gasteiger partial charge is 0.239 e. The van der Waals surface area contributed by atoms with Crippen LogP contribution in [0.15, 0.2) is 60.7 Å². The molecule has 0 spiro atoms. The molecule has 0 bridgehead atoms. The molecule has 2 aliphatic rings. The molecule has 2 fully saturated rings. The number of aromatic nitrogens is 2. The molecule has 5 rings (SSSR count). The second-order valence-electron chi connectivity index (χ2n) is 8.25. The summed E-state index contributed by atoms with van der Waals surface area (Å²) in [6, 6.07) is 19.0. The number of para-hydroxylation sites is 1. The number of carbonyl (C=O) groups is 1. The van der Waals surface area contributed by atoms with E-state index in [-0.39, 0.29) is 18.3 Å². The number of anilines is 1. The largest absolute Gasteiger partial charge is 0.309 e. The Morgan fingerprint density at radius 2 is 1.80 bits per heavy atom. The lowest BCUT2D eigenvalue weighted by molar-refractivity contribution is -0.117. The van der Waals surface area contributed by atoms with E-state index in [1.807, 2.05) is 47.1 Å². The van der Waals surface area contributed by atoms with Gasteiger partial charge in [0, 0.05) is 30.1 Å². The zero-order chi connectivity index (χ0) is 20.5. The SMILES string of the molecule is O=C(CN(Cc1ccccc1F)C1CC1)Nc1cc(C2CC2)nn1-c1ccccc1. The van der Waals surface area contributed by atoms with Gasteiger partial charge in [0.05, 0.1) is 17.9 Å². The van der Waals surface area contributed by atoms with Crippen LogP contribution in [0.3, 0.4) is 0 Å². The summed E-state index contributed by atoms with van der Waals surface area (Å²) in [5, 5.41) is 7.79. The number of amides is 1. The van der Waals surface area contributed by atoms with Gasteiger partial charge in [-0.05, 0) is 43.9 Å². The number of hydrogen-bond acceptors (Lipinski definition) is 3. The maximum Gasteiger partial charge on any atom is 0.239 e. The Balaban J connectivity index is 1.32. The number of nitrogens with one attached hydrogen (secondary N) is 1. The summed E-state index contributed by atoms with van der Waals surface area (Å²) >= 11 is 0. The molecule has 30 heavy (non-hydrogen) atoms. The van der Waals surface area contributed by atoms with Crippen molar-refractivity contribution in [2.24, 2.45) is 0 Å². The van der Waals surface area contributed by atoms with Gasteiger partial charge in [0.2, 0.25) is 5.91 Å². The molecule has 1 heterocycles. The quantitative estimate of drug-likeness (QED) is 0.602. The van der Waals surface area contributed by atoms with Crippen LogP contribution in [0.1, 0.15) is 42.9 Å². The lowest BCUT2D eigenvalue weighted by Gasteiger charge is -2.22. The number of nitrogens with zero attached hydrogens (tertiary/aromatic N) is 3. The van der Waals surface area contributed by atoms with Gasteiger partial charge < -0.3 is 5.32 Å². The van der Waals surface area contributed by atoms with Crippen LogP contribution in [-0.4, -0.2) is 33.2 Å². The van der Waals surface area contributed by atoms with Gasteiger partial charge in [0.25, 0.3) is 0 Å². The summed E-state index contributed by atoms with van der Waals surface area (Å²) in [5.41, 5.74) is 2.58. The molecule has 2 saturated carbocycles. The lowest BCUT2D eigenvalue weighted by atomic mass is 10.2. The van der Waals surface area contributed by atoms with Crippen molar-refractivity contribution in [2.75, 3.05) is 11.9 Å². The normalized spacial score (nSPS) is 16.1. The molecule has 1 amide bonds. The highest BCUT2D eigenvalue weighted by Crippen LogP contribution is 2.40. The van der Waals surface area contributed by atoms with Crippen LogP contribution in [0, 0.1) is 5.82 Å². The second-order valence-corrected chi connectivity index (χ2v) is 8.25. The van der Waals surface area contributed by atoms with Gasteiger partial charge >= 0.3 is 0 Å². The Morgan fingerprint density at radius 3 is 2.50 bits per heavy atom. The summed E-state index contributed by atoms with van der Waals surface area (Å²) in [5.74, 6) is 0.863. The van der Waals surface area contributed by atoms with Crippen LogP contribution in [-0.2, 0) is 11.3 Å². The third-order valence-electron chi connectivity index (χ3n) is 5.73. The summed E-state index contributed by atoms with van der Waals surface area (Å²) in [6.07, 6.45) is 4.40. The minimum absolute atomic E-state index is 0.0994. The van der Waals surface area contributed by atoms with E-state index >= 15 is 0 Å². The summed E-state index contributed by atoms with van der Waals surface area (Å²) < 4.78 is 15.9. The van der Waals surface area contributed by atoms with Crippen LogP contribution < -0.4 is 5.32 Å². The highest BCUT2D eigenvalue weighted by molar-refractivity contribution is 5.91. The number of rotatable bonds is 8. The third-order valence-corrected chi connectivity index (χ3v) is 5.73. The monoisotopic (exact) mass is 404 g/mol. The first-order valence-electron chi connectivity index (χ1n) is 10.6. The number of hydrogen-bond donors (Lipinski definition) is 1. The summed E-state index contributed by atoms with van der Waals surface area (Å²) in [6.45, 7) is 0.674. The van der Waals surface area contributed by atoms with Crippen molar-refractivity contribution in [3.05, 3.63) is 77.7 Å². The van der Waals surface area contributed by atoms with Crippen molar-refractivity contribution >= 4 is 11.7 Å². The lowest BCUT2D eigenvalue weighted by Crippen LogP contribution is -2.35. The van der Waals surface area contributed by atoms with Crippen molar-refractivity contribution < 1.29 is 9.18 Å². The zero-order valence-electron chi connectivity index (χ0n) is 16.8. The molecule has 1 aromatic heterocycles. The van der Waals surface area contributed by atoms with E-state index in [2.05, 4.69) is 10.2 Å². The molecule has 5 nitrogen and oxygen atoms in total. The summed E-state index contributed by atoms with van der Waals surface area (Å²) in [7, 11) is 0. The predicted molar refractivity (Wildman–Crippen MR) is 114 cm³/mol. The Hall–Kier alpha value is -2.99. The predicted octanol–water partition coefficient (Wildman–Crippen LogP) is 4.49. The molecule has 0 radical (unpaired) electrons. The van der Waals surface area contributed by atoms with Crippen LogP contribution in [0.2, 0.25) is 0 Å². The van der Waals surface area contributed by atoms with Gasteiger partial charge in [0.1, 0.15) is 11.6 Å². The van der Waals surface area contributed by atoms with Crippen LogP contribution >= 0.6 is 0 Å². The zero-order valence-corrected chi connectivity index (χ0v) is 16.8. The molecule has 3 aromatic rings. The molecule has 2 aromatic carbocycles. The Labute approximate surface area is 175 Å². The first-order valence-corrected chi connectivity index (χ1v) is 10.6. The van der Waals surface area contributed by atoms with E-state index in [0.717, 1.165) is 37.1 Å². The van der Waals surface area contributed by atoms with Crippen molar-refractivity contribution in [3.8, 4) is 5.69 Å². The van der Waals surface area contributed by atoms with Gasteiger partial charge in [-0.2, -0.15) is 5.10 Å². The standard InChI is InChI=1S/C24H25FN4O/c25-21-9-5-4-6-18(21)15-28(19-12-13-19)16-24(30)26-23-14-22(17-10-11-17)27-29(23)20-7-2-1-3-8-20/h1-9,14,17,19H,10-13,15-16H2,(H,26,30). The van der Waals surface area contributed by atoms with Crippen molar-refractivity contribution in [1.82, 2.24) is 14.7 Å². The van der Waals surface area contributed by atoms with Gasteiger partial charge in [-0.3, -0.25) is 9.69 Å². The van der Waals surface area contributed by atoms with E-state index < -0.39 is 0 Å². The fraction of sp³-hybridized carbons (Fsp3) is 0.333. The summed E-state index contributed by atoms with van der Waals surface area (Å²) in [4.78, 5) is 15.0. The van der Waals surface area contributed by atoms with Gasteiger partial charge in [-0.15, -0.1) is 0 Å². The van der Waals surface area contributed by atoms with Crippen molar-refractivity contribution in [3.63, 3.8) is 0 Å². The molecule has 0 saturated heterocycles. The molecule has 1 N–H and O–H groups in total. The van der Waals surface area contributed by atoms with Crippen LogP contribution in [0.4, 0.5) is 10.2 Å². The minimum atomic E-state index is -0.222. The molecule has 0 atom stereocenters. The average Bonchev–Trinajstić information content (AvgIpc) is 3.67. The average molecular weight is 404 g/mol. The number of benzene rings is 2. The van der Waals surface area contributed by atoms with E-state index in [9.17, 15) is 9.18 Å². The third kappa shape index (κ3) is 4.28. The van der Waals surface area contributed by atoms with Crippen LogP contribution in [0.25, 0.3) is 5.69 Å². The van der Waals surface area contributed by atoms with Gasteiger partial charge in [-0.1, -0.05) is 36.4 Å². The van der Waals surface area contributed by atoms with Crippen molar-refractivity contribution in [2.45, 2.75) is 44.2 Å². The molecule has 0 unspecified atom stereocenters. The second kappa shape index (κ2) is 8.03. The van der Waals surface area contributed by atoms with E-state index in [0.29, 0.717) is 29.9 Å². The fourth-order valence-corrected chi connectivity index (χ4v) is 3.80. The maximum absolute atomic E-state index is 14.1. The highest BCUT2D eigenvalue weighted by atomic mass is 19.1. The molecule has 6 heteroatoms. The molecular weight excluding hydrogens is 379 g/mol. The highest BCUT2D eigenvalue weighted by Gasteiger charge is 2.32. The van der Waals surface area contributed by atoms with E-state index in [1.54, 1.807) is 12.1 Å². The Bertz CT molecular complexity index is 1040. The van der Waals surface area contributed by atoms with Crippen LogP contribution in [0.5, 0.6) is 0 Å². The molecule has 154 valence electrons. The number of halogens is 1. The van der Waals surface area contributed by atoms with Gasteiger partial charge in [0.15, 0.2) is 0 Å². The molecular formula is C24H25FN4O. The Morgan fingerprint density at radius 1 is 1.07 bits per heavy atom. The van der Waals surface area contributed by atoms with E-state index in [4.69, 9.17) is 5.10 Å². The Kier molecular flexibility index (Phi) is 5.09. The van der Waals surface area contributed by atoms with Crippen molar-refractivity contribution in [1.29, 1.82) is 0 Å². The topological polar surface area (TPSA) is 50.2 Å². The first kappa shape index (κ1) is 19.0. The molecule has 2 aliphatic carbocycles. The first-order chi connectivity index (χ1) is 14.7. The number of carbonyl (C=O) groups excluding carboxylic acids is 1. The van der Waals surface area contributed by atoms with E-state index in [1.165, 1.54) is 6.07 Å².